The highest BCUT2D eigenvalue weighted by molar-refractivity contribution is 5.94. The molecule has 0 aromatic carbocycles. The monoisotopic (exact) mass is 521 g/mol. The van der Waals surface area contributed by atoms with E-state index in [1.165, 1.54) is 11.2 Å². The number of likely N-dealkylation sites (tertiary alicyclic amines) is 1. The van der Waals surface area contributed by atoms with E-state index in [1.807, 2.05) is 13.8 Å². The molecular weight excluding hydrogens is 482 g/mol. The molecule has 37 heavy (non-hydrogen) atoms. The van der Waals surface area contributed by atoms with Gasteiger partial charge in [0.25, 0.3) is 0 Å². The van der Waals surface area contributed by atoms with Crippen molar-refractivity contribution in [1.82, 2.24) is 25.5 Å². The van der Waals surface area contributed by atoms with Crippen LogP contribution in [0.4, 0.5) is 0 Å². The summed E-state index contributed by atoms with van der Waals surface area (Å²) in [5.41, 5.74) is 17.2. The van der Waals surface area contributed by atoms with Crippen LogP contribution in [-0.4, -0.2) is 86.9 Å². The van der Waals surface area contributed by atoms with Crippen LogP contribution >= 0.6 is 0 Å². The average Bonchev–Trinajstić information content (AvgIpc) is 3.52. The van der Waals surface area contributed by atoms with Crippen molar-refractivity contribution < 1.29 is 24.3 Å². The molecule has 3 amide bonds. The van der Waals surface area contributed by atoms with Gasteiger partial charge in [0.05, 0.1) is 12.4 Å². The molecule has 0 spiro atoms. The third-order valence-corrected chi connectivity index (χ3v) is 6.06. The topological polar surface area (TPSA) is 235 Å². The molecule has 10 N–H and O–H groups in total. The number of guanidine groups is 1. The van der Waals surface area contributed by atoms with E-state index >= 15 is 0 Å². The molecule has 1 aliphatic heterocycles. The third kappa shape index (κ3) is 9.37. The normalized spacial score (nSPS) is 17.6. The third-order valence-electron chi connectivity index (χ3n) is 6.06. The minimum absolute atomic E-state index is 0.0497. The van der Waals surface area contributed by atoms with Gasteiger partial charge in [-0.15, -0.1) is 0 Å². The van der Waals surface area contributed by atoms with E-state index < -0.39 is 47.9 Å². The van der Waals surface area contributed by atoms with Gasteiger partial charge in [0, 0.05) is 31.4 Å². The van der Waals surface area contributed by atoms with E-state index in [0.717, 1.165) is 0 Å². The van der Waals surface area contributed by atoms with Gasteiger partial charge in [-0.25, -0.2) is 9.78 Å². The Morgan fingerprint density at radius 1 is 1.24 bits per heavy atom. The first-order valence-electron chi connectivity index (χ1n) is 12.4. The van der Waals surface area contributed by atoms with Crippen LogP contribution in [0.15, 0.2) is 17.5 Å². The van der Waals surface area contributed by atoms with Crippen molar-refractivity contribution in [2.75, 3.05) is 13.1 Å². The Morgan fingerprint density at radius 2 is 1.97 bits per heavy atom. The van der Waals surface area contributed by atoms with Gasteiger partial charge in [-0.3, -0.25) is 19.4 Å². The molecule has 1 saturated heterocycles. The minimum atomic E-state index is -1.13. The molecule has 14 nitrogen and oxygen atoms in total. The van der Waals surface area contributed by atoms with E-state index in [9.17, 15) is 24.3 Å². The van der Waals surface area contributed by atoms with Crippen molar-refractivity contribution in [3.63, 3.8) is 0 Å². The molecule has 14 heteroatoms. The summed E-state index contributed by atoms with van der Waals surface area (Å²) in [6, 6.07) is -3.79. The number of imidazole rings is 1. The van der Waals surface area contributed by atoms with E-state index in [1.54, 1.807) is 6.20 Å². The maximum absolute atomic E-state index is 13.6. The summed E-state index contributed by atoms with van der Waals surface area (Å²) >= 11 is 0. The van der Waals surface area contributed by atoms with Crippen molar-refractivity contribution >= 4 is 29.7 Å². The fourth-order valence-corrected chi connectivity index (χ4v) is 4.21. The van der Waals surface area contributed by atoms with Crippen molar-refractivity contribution in [1.29, 1.82) is 0 Å². The fourth-order valence-electron chi connectivity index (χ4n) is 4.21. The molecule has 1 aromatic heterocycles. The Labute approximate surface area is 215 Å². The number of carboxylic acid groups (broad SMARTS) is 1. The zero-order valence-electron chi connectivity index (χ0n) is 21.4. The van der Waals surface area contributed by atoms with Crippen LogP contribution in [0.5, 0.6) is 0 Å². The maximum Gasteiger partial charge on any atom is 0.326 e. The van der Waals surface area contributed by atoms with Crippen LogP contribution in [0.25, 0.3) is 0 Å². The number of nitrogens with two attached hydrogens (primary N) is 3. The lowest BCUT2D eigenvalue weighted by Crippen LogP contribution is -2.57. The maximum atomic E-state index is 13.6. The molecule has 0 saturated carbocycles. The summed E-state index contributed by atoms with van der Waals surface area (Å²) in [5, 5.41) is 14.8. The van der Waals surface area contributed by atoms with Gasteiger partial charge in [-0.2, -0.15) is 0 Å². The molecule has 4 unspecified atom stereocenters. The summed E-state index contributed by atoms with van der Waals surface area (Å²) in [4.78, 5) is 63.1. The highest BCUT2D eigenvalue weighted by atomic mass is 16.4. The number of carboxylic acids is 1. The summed E-state index contributed by atoms with van der Waals surface area (Å²) < 4.78 is 0. The van der Waals surface area contributed by atoms with Crippen LogP contribution in [0, 0.1) is 5.92 Å². The second kappa shape index (κ2) is 14.2. The van der Waals surface area contributed by atoms with Gasteiger partial charge in [0.15, 0.2) is 5.96 Å². The highest BCUT2D eigenvalue weighted by Crippen LogP contribution is 2.20. The van der Waals surface area contributed by atoms with Crippen LogP contribution in [0.2, 0.25) is 0 Å². The summed E-state index contributed by atoms with van der Waals surface area (Å²) in [7, 11) is 0. The molecule has 1 aromatic rings. The quantitative estimate of drug-likeness (QED) is 0.0848. The molecule has 2 rings (SSSR count). The molecule has 1 aliphatic rings. The van der Waals surface area contributed by atoms with Gasteiger partial charge >= 0.3 is 5.97 Å². The number of amides is 3. The first-order chi connectivity index (χ1) is 17.5. The molecule has 0 radical (unpaired) electrons. The Bertz CT molecular complexity index is 946. The van der Waals surface area contributed by atoms with Crippen LogP contribution in [0.1, 0.15) is 51.6 Å². The molecule has 0 bridgehead atoms. The fraction of sp³-hybridized carbons (Fsp3) is 0.652. The largest absolute Gasteiger partial charge is 0.480 e. The zero-order valence-corrected chi connectivity index (χ0v) is 21.4. The van der Waals surface area contributed by atoms with Gasteiger partial charge in [0.2, 0.25) is 17.7 Å². The number of carbonyl (C=O) groups excluding carboxylic acids is 3. The number of aliphatic imine (C=N–C) groups is 1. The second-order valence-electron chi connectivity index (χ2n) is 9.62. The van der Waals surface area contributed by atoms with Gasteiger partial charge in [-0.05, 0) is 38.0 Å². The number of nitrogens with one attached hydrogen (secondary N) is 3. The molecular formula is C23H39N9O5. The van der Waals surface area contributed by atoms with Gasteiger partial charge < -0.3 is 42.8 Å². The smallest absolute Gasteiger partial charge is 0.326 e. The SMILES string of the molecule is CC(C)CC(NC(=O)C1CCCN1C(=O)C(Cc1cnc[nH]1)NC(=O)C(N)CCCN=C(N)N)C(=O)O. The number of nitrogens with zero attached hydrogens (tertiary/aromatic N) is 3. The molecule has 1 fully saturated rings. The number of hydrogen-bond donors (Lipinski definition) is 7. The highest BCUT2D eigenvalue weighted by Gasteiger charge is 2.39. The summed E-state index contributed by atoms with van der Waals surface area (Å²) in [6.07, 6.45) is 5.11. The molecule has 0 aliphatic carbocycles. The Balaban J connectivity index is 2.11. The van der Waals surface area contributed by atoms with Gasteiger partial charge in [-0.1, -0.05) is 13.8 Å². The number of aromatic amines is 1. The Morgan fingerprint density at radius 3 is 2.57 bits per heavy atom. The van der Waals surface area contributed by atoms with E-state index in [0.29, 0.717) is 44.5 Å². The van der Waals surface area contributed by atoms with Crippen LogP contribution < -0.4 is 27.8 Å². The van der Waals surface area contributed by atoms with Gasteiger partial charge in [0.1, 0.15) is 18.1 Å². The number of rotatable bonds is 14. The standard InChI is InChI=1S/C23H39N9O5/c1-13(2)9-17(22(36)37)31-20(34)18-6-4-8-32(18)21(35)16(10-14-11-27-12-29-14)30-19(33)15(24)5-3-7-28-23(25)26/h11-13,15-18H,3-10,24H2,1-2H3,(H,27,29)(H,30,33)(H,31,34)(H,36,37)(H4,25,26,28). The number of aliphatic carboxylic acids is 1. The average molecular weight is 522 g/mol. The van der Waals surface area contributed by atoms with E-state index in [-0.39, 0.29) is 24.7 Å². The second-order valence-corrected chi connectivity index (χ2v) is 9.62. The summed E-state index contributed by atoms with van der Waals surface area (Å²) in [5.74, 6) is -2.63. The van der Waals surface area contributed by atoms with Crippen molar-refractivity contribution in [2.24, 2.45) is 28.1 Å². The molecule has 4 atom stereocenters. The number of H-pyrrole nitrogens is 1. The number of carbonyl (C=O) groups is 4. The lowest BCUT2D eigenvalue weighted by Gasteiger charge is -2.30. The Hall–Kier alpha value is -3.68. The summed E-state index contributed by atoms with van der Waals surface area (Å²) in [6.45, 7) is 4.35. The van der Waals surface area contributed by atoms with E-state index in [2.05, 4.69) is 25.6 Å². The molecule has 206 valence electrons. The molecule has 2 heterocycles. The van der Waals surface area contributed by atoms with Crippen LogP contribution in [0.3, 0.4) is 0 Å². The van der Waals surface area contributed by atoms with Crippen molar-refractivity contribution in [3.05, 3.63) is 18.2 Å². The van der Waals surface area contributed by atoms with Crippen LogP contribution in [-0.2, 0) is 25.6 Å². The zero-order chi connectivity index (χ0) is 27.5. The van der Waals surface area contributed by atoms with Crippen molar-refractivity contribution in [2.45, 2.75) is 76.5 Å². The predicted molar refractivity (Wildman–Crippen MR) is 136 cm³/mol. The lowest BCUT2D eigenvalue weighted by atomic mass is 10.0. The Kier molecular flexibility index (Phi) is 11.3. The van der Waals surface area contributed by atoms with Crippen molar-refractivity contribution in [3.8, 4) is 0 Å². The first-order valence-corrected chi connectivity index (χ1v) is 12.4. The lowest BCUT2D eigenvalue weighted by molar-refractivity contribution is -0.145. The first kappa shape index (κ1) is 29.5. The number of aromatic nitrogens is 2. The number of hydrogen-bond acceptors (Lipinski definition) is 7. The minimum Gasteiger partial charge on any atom is -0.480 e. The van der Waals surface area contributed by atoms with E-state index in [4.69, 9.17) is 17.2 Å². The predicted octanol–water partition coefficient (Wildman–Crippen LogP) is -1.58.